The first-order valence-corrected chi connectivity index (χ1v) is 9.58. The van der Waals surface area contributed by atoms with Crippen LogP contribution in [0, 0.1) is 0 Å². The molecule has 4 heteroatoms. The molecule has 1 aliphatic heterocycles. The molecule has 1 saturated heterocycles. The van der Waals surface area contributed by atoms with Gasteiger partial charge in [0.05, 0.1) is 5.52 Å². The Bertz CT molecular complexity index is 1150. The largest absolute Gasteiger partial charge is 0.420 e. The first kappa shape index (κ1) is 16.3. The lowest BCUT2D eigenvalue weighted by atomic mass is 10.0. The van der Waals surface area contributed by atoms with Crippen LogP contribution >= 0.6 is 0 Å². The van der Waals surface area contributed by atoms with E-state index in [1.165, 1.54) is 16.3 Å². The summed E-state index contributed by atoms with van der Waals surface area (Å²) in [7, 11) is 0. The van der Waals surface area contributed by atoms with E-state index < -0.39 is 0 Å². The Labute approximate surface area is 157 Å². The molecule has 1 aliphatic rings. The van der Waals surface area contributed by atoms with Crippen LogP contribution in [-0.2, 0) is 6.54 Å². The molecule has 136 valence electrons. The first-order valence-electron chi connectivity index (χ1n) is 9.58. The highest BCUT2D eigenvalue weighted by Crippen LogP contribution is 2.27. The van der Waals surface area contributed by atoms with E-state index in [4.69, 9.17) is 4.42 Å². The van der Waals surface area contributed by atoms with Crippen LogP contribution < -0.4 is 5.76 Å². The zero-order valence-electron chi connectivity index (χ0n) is 15.2. The number of hydrogen-bond acceptors (Lipinski definition) is 3. The van der Waals surface area contributed by atoms with Crippen molar-refractivity contribution in [3.05, 3.63) is 82.8 Å². The van der Waals surface area contributed by atoms with Gasteiger partial charge < -0.3 is 4.42 Å². The van der Waals surface area contributed by atoms with Gasteiger partial charge in [0.25, 0.3) is 0 Å². The maximum absolute atomic E-state index is 12.3. The zero-order chi connectivity index (χ0) is 18.2. The number of piperidine rings is 1. The minimum absolute atomic E-state index is 0.217. The predicted octanol–water partition coefficient (Wildman–Crippen LogP) is 4.58. The number of aromatic nitrogens is 1. The van der Waals surface area contributed by atoms with Gasteiger partial charge >= 0.3 is 5.76 Å². The van der Waals surface area contributed by atoms with Gasteiger partial charge in [-0.05, 0) is 47.4 Å². The van der Waals surface area contributed by atoms with Gasteiger partial charge in [-0.25, -0.2) is 4.79 Å². The van der Waals surface area contributed by atoms with Gasteiger partial charge in [0, 0.05) is 25.7 Å². The standard InChI is InChI=1S/C23H22N2O2/c26-23-25(21-7-3-4-8-22(21)27-23)20-11-13-24(14-12-20)16-17-9-10-18-5-1-2-6-19(18)15-17/h1-10,15,20H,11-14,16H2. The molecule has 3 aromatic carbocycles. The number of nitrogens with zero attached hydrogens (tertiary/aromatic N) is 2. The van der Waals surface area contributed by atoms with Crippen molar-refractivity contribution in [2.24, 2.45) is 0 Å². The van der Waals surface area contributed by atoms with Crippen LogP contribution in [0.15, 0.2) is 75.9 Å². The van der Waals surface area contributed by atoms with Crippen LogP contribution in [0.4, 0.5) is 0 Å². The van der Waals surface area contributed by atoms with Crippen molar-refractivity contribution < 1.29 is 4.42 Å². The Morgan fingerprint density at radius 1 is 0.889 bits per heavy atom. The number of para-hydroxylation sites is 2. The molecule has 0 unspecified atom stereocenters. The van der Waals surface area contributed by atoms with Gasteiger partial charge in [-0.1, -0.05) is 48.5 Å². The Morgan fingerprint density at radius 3 is 2.48 bits per heavy atom. The summed E-state index contributed by atoms with van der Waals surface area (Å²) in [6.45, 7) is 2.94. The van der Waals surface area contributed by atoms with Crippen LogP contribution in [0.5, 0.6) is 0 Å². The maximum atomic E-state index is 12.3. The van der Waals surface area contributed by atoms with E-state index in [0.717, 1.165) is 38.0 Å². The molecule has 0 aliphatic carbocycles. The molecule has 0 bridgehead atoms. The molecule has 4 aromatic rings. The number of likely N-dealkylation sites (tertiary alicyclic amines) is 1. The molecule has 1 fully saturated rings. The molecular formula is C23H22N2O2. The average molecular weight is 358 g/mol. The molecule has 0 amide bonds. The summed E-state index contributed by atoms with van der Waals surface area (Å²) >= 11 is 0. The third-order valence-corrected chi connectivity index (χ3v) is 5.66. The zero-order valence-corrected chi connectivity index (χ0v) is 15.2. The third kappa shape index (κ3) is 3.06. The summed E-state index contributed by atoms with van der Waals surface area (Å²) in [5.74, 6) is -0.232. The van der Waals surface area contributed by atoms with Crippen LogP contribution in [-0.4, -0.2) is 22.6 Å². The summed E-state index contributed by atoms with van der Waals surface area (Å²) in [5.41, 5.74) is 2.94. The first-order chi connectivity index (χ1) is 13.3. The Kier molecular flexibility index (Phi) is 4.06. The van der Waals surface area contributed by atoms with Gasteiger partial charge in [0.15, 0.2) is 5.58 Å². The maximum Gasteiger partial charge on any atom is 0.420 e. The van der Waals surface area contributed by atoms with E-state index in [0.29, 0.717) is 5.58 Å². The second-order valence-electron chi connectivity index (χ2n) is 7.39. The van der Waals surface area contributed by atoms with Gasteiger partial charge in [0.2, 0.25) is 0 Å². The molecule has 0 saturated carbocycles. The van der Waals surface area contributed by atoms with Crippen molar-refractivity contribution in [3.8, 4) is 0 Å². The highest BCUT2D eigenvalue weighted by molar-refractivity contribution is 5.83. The van der Waals surface area contributed by atoms with Gasteiger partial charge in [0.1, 0.15) is 0 Å². The second kappa shape index (κ2) is 6.71. The molecule has 4 nitrogen and oxygen atoms in total. The summed E-state index contributed by atoms with van der Waals surface area (Å²) in [5, 5.41) is 2.58. The molecule has 0 atom stereocenters. The number of rotatable bonds is 3. The highest BCUT2D eigenvalue weighted by atomic mass is 16.4. The summed E-state index contributed by atoms with van der Waals surface area (Å²) < 4.78 is 7.26. The van der Waals surface area contributed by atoms with E-state index in [-0.39, 0.29) is 11.8 Å². The molecular weight excluding hydrogens is 336 g/mol. The second-order valence-corrected chi connectivity index (χ2v) is 7.39. The molecule has 5 rings (SSSR count). The summed E-state index contributed by atoms with van der Waals surface area (Å²) in [6.07, 6.45) is 1.94. The van der Waals surface area contributed by atoms with E-state index in [1.807, 2.05) is 28.8 Å². The summed E-state index contributed by atoms with van der Waals surface area (Å²) in [4.78, 5) is 14.8. The van der Waals surface area contributed by atoms with Gasteiger partial charge in [-0.2, -0.15) is 0 Å². The Morgan fingerprint density at radius 2 is 1.63 bits per heavy atom. The van der Waals surface area contributed by atoms with Crippen molar-refractivity contribution in [3.63, 3.8) is 0 Å². The molecule has 1 aromatic heterocycles. The van der Waals surface area contributed by atoms with Gasteiger partial charge in [-0.3, -0.25) is 9.47 Å². The number of oxazole rings is 1. The average Bonchev–Trinajstić information content (AvgIpc) is 3.04. The van der Waals surface area contributed by atoms with E-state index in [9.17, 15) is 4.79 Å². The number of fused-ring (bicyclic) bond motifs is 2. The van der Waals surface area contributed by atoms with Crippen LogP contribution in [0.3, 0.4) is 0 Å². The van der Waals surface area contributed by atoms with E-state index >= 15 is 0 Å². The molecule has 0 N–H and O–H groups in total. The quantitative estimate of drug-likeness (QED) is 0.538. The number of benzene rings is 3. The summed E-state index contributed by atoms with van der Waals surface area (Å²) in [6, 6.07) is 23.1. The van der Waals surface area contributed by atoms with E-state index in [1.54, 1.807) is 0 Å². The molecule has 0 radical (unpaired) electrons. The van der Waals surface area contributed by atoms with Crippen LogP contribution in [0.1, 0.15) is 24.4 Å². The topological polar surface area (TPSA) is 38.4 Å². The van der Waals surface area contributed by atoms with Crippen LogP contribution in [0.25, 0.3) is 21.9 Å². The lowest BCUT2D eigenvalue weighted by molar-refractivity contribution is 0.177. The molecule has 0 spiro atoms. The fourth-order valence-electron chi connectivity index (χ4n) is 4.26. The third-order valence-electron chi connectivity index (χ3n) is 5.66. The van der Waals surface area contributed by atoms with Crippen LogP contribution in [0.2, 0.25) is 0 Å². The SMILES string of the molecule is O=c1oc2ccccc2n1C1CCN(Cc2ccc3ccccc3c2)CC1. The van der Waals surface area contributed by atoms with Crippen molar-refractivity contribution in [1.29, 1.82) is 0 Å². The fourth-order valence-corrected chi connectivity index (χ4v) is 4.26. The smallest absolute Gasteiger partial charge is 0.408 e. The van der Waals surface area contributed by atoms with E-state index in [2.05, 4.69) is 47.4 Å². The minimum Gasteiger partial charge on any atom is -0.408 e. The molecule has 2 heterocycles. The predicted molar refractivity (Wildman–Crippen MR) is 108 cm³/mol. The number of hydrogen-bond donors (Lipinski definition) is 0. The van der Waals surface area contributed by atoms with Crippen molar-refractivity contribution in [2.45, 2.75) is 25.4 Å². The lowest BCUT2D eigenvalue weighted by Gasteiger charge is -2.32. The highest BCUT2D eigenvalue weighted by Gasteiger charge is 2.24. The minimum atomic E-state index is -0.232. The lowest BCUT2D eigenvalue weighted by Crippen LogP contribution is -2.36. The van der Waals surface area contributed by atoms with Crippen molar-refractivity contribution in [2.75, 3.05) is 13.1 Å². The normalized spacial score (nSPS) is 16.3. The Hall–Kier alpha value is -2.85. The Balaban J connectivity index is 1.31. The fraction of sp³-hybridized carbons (Fsp3) is 0.261. The van der Waals surface area contributed by atoms with Gasteiger partial charge in [-0.15, -0.1) is 0 Å². The monoisotopic (exact) mass is 358 g/mol. The van der Waals surface area contributed by atoms with Crippen molar-refractivity contribution in [1.82, 2.24) is 9.47 Å². The van der Waals surface area contributed by atoms with Crippen molar-refractivity contribution >= 4 is 21.9 Å². The molecule has 27 heavy (non-hydrogen) atoms.